The second kappa shape index (κ2) is 7.44. The van der Waals surface area contributed by atoms with E-state index in [0.29, 0.717) is 0 Å². The van der Waals surface area contributed by atoms with E-state index in [0.717, 1.165) is 13.1 Å². The second-order valence-corrected chi connectivity index (χ2v) is 1.76. The summed E-state index contributed by atoms with van der Waals surface area (Å²) in [5.41, 5.74) is 0. The Hall–Kier alpha value is -0.560. The van der Waals surface area contributed by atoms with Crippen molar-refractivity contribution in [1.29, 1.82) is 0 Å². The van der Waals surface area contributed by atoms with Gasteiger partial charge < -0.3 is 5.32 Å². The number of rotatable bonds is 4. The van der Waals surface area contributed by atoms with Crippen LogP contribution in [-0.2, 0) is 0 Å². The molecule has 0 atom stereocenters. The van der Waals surface area contributed by atoms with E-state index in [2.05, 4.69) is 18.3 Å². The number of likely N-dealkylation sites (N-methyl/N-ethyl adjacent to an activating group) is 1. The maximum Gasteiger partial charge on any atom is 0.0137 e. The molecule has 0 aromatic rings. The molecule has 1 heteroatoms. The minimum atomic E-state index is 0.973. The Labute approximate surface area is 57.5 Å². The van der Waals surface area contributed by atoms with Gasteiger partial charge in [0, 0.05) is 6.54 Å². The van der Waals surface area contributed by atoms with E-state index in [9.17, 15) is 0 Å². The average Bonchev–Trinajstić information content (AvgIpc) is 1.89. The lowest BCUT2D eigenvalue weighted by Crippen LogP contribution is -2.11. The summed E-state index contributed by atoms with van der Waals surface area (Å²) in [6, 6.07) is 0. The first-order chi connectivity index (χ1) is 4.41. The van der Waals surface area contributed by atoms with Gasteiger partial charge in [-0.2, -0.15) is 0 Å². The zero-order valence-electron chi connectivity index (χ0n) is 6.22. The molecule has 0 saturated carbocycles. The molecule has 0 spiro atoms. The fourth-order valence-electron chi connectivity index (χ4n) is 0.485. The van der Waals surface area contributed by atoms with Crippen molar-refractivity contribution < 1.29 is 0 Å². The van der Waals surface area contributed by atoms with E-state index >= 15 is 0 Å². The third-order valence-corrected chi connectivity index (χ3v) is 0.952. The van der Waals surface area contributed by atoms with E-state index in [1.54, 1.807) is 0 Å². The summed E-state index contributed by atoms with van der Waals surface area (Å²) < 4.78 is 0. The predicted octanol–water partition coefficient (Wildman–Crippen LogP) is 1.73. The highest BCUT2D eigenvalue weighted by molar-refractivity contribution is 5.01. The Bertz CT molecular complexity index is 92.7. The lowest BCUT2D eigenvalue weighted by molar-refractivity contribution is 0.799. The highest BCUT2D eigenvalue weighted by atomic mass is 14.8. The van der Waals surface area contributed by atoms with Gasteiger partial charge in [0.05, 0.1) is 0 Å². The monoisotopic (exact) mass is 125 g/mol. The number of allylic oxidation sites excluding steroid dienone is 3. The van der Waals surface area contributed by atoms with Crippen molar-refractivity contribution >= 4 is 0 Å². The third-order valence-electron chi connectivity index (χ3n) is 0.952. The smallest absolute Gasteiger partial charge is 0.0137 e. The van der Waals surface area contributed by atoms with E-state index in [-0.39, 0.29) is 0 Å². The Balaban J connectivity index is 3.04. The van der Waals surface area contributed by atoms with Gasteiger partial charge in [-0.15, -0.1) is 0 Å². The normalized spacial score (nSPS) is 11.8. The summed E-state index contributed by atoms with van der Waals surface area (Å²) in [6.07, 6.45) is 8.19. The van der Waals surface area contributed by atoms with Gasteiger partial charge >= 0.3 is 0 Å². The lowest BCUT2D eigenvalue weighted by atomic mass is 10.4. The molecule has 9 heavy (non-hydrogen) atoms. The molecule has 0 heterocycles. The molecule has 0 amide bonds. The van der Waals surface area contributed by atoms with Crippen LogP contribution in [0.25, 0.3) is 0 Å². The summed E-state index contributed by atoms with van der Waals surface area (Å²) in [5.74, 6) is 0. The Kier molecular flexibility index (Phi) is 6.98. The van der Waals surface area contributed by atoms with Gasteiger partial charge in [0.1, 0.15) is 0 Å². The predicted molar refractivity (Wildman–Crippen MR) is 42.5 cm³/mol. The van der Waals surface area contributed by atoms with Crippen LogP contribution in [0.1, 0.15) is 13.8 Å². The van der Waals surface area contributed by atoms with Crippen LogP contribution < -0.4 is 5.32 Å². The van der Waals surface area contributed by atoms with Crippen molar-refractivity contribution in [2.24, 2.45) is 0 Å². The van der Waals surface area contributed by atoms with Crippen LogP contribution in [0.2, 0.25) is 0 Å². The highest BCUT2D eigenvalue weighted by Gasteiger charge is 1.70. The molecule has 0 aliphatic rings. The fourth-order valence-corrected chi connectivity index (χ4v) is 0.485. The summed E-state index contributed by atoms with van der Waals surface area (Å²) in [5, 5.41) is 3.19. The molecular formula is C8H15N. The largest absolute Gasteiger partial charge is 0.314 e. The molecule has 0 aromatic carbocycles. The van der Waals surface area contributed by atoms with E-state index < -0.39 is 0 Å². The molecule has 0 aromatic heterocycles. The Morgan fingerprint density at radius 1 is 1.33 bits per heavy atom. The van der Waals surface area contributed by atoms with Gasteiger partial charge in [-0.3, -0.25) is 0 Å². The first-order valence-electron chi connectivity index (χ1n) is 3.40. The maximum absolute atomic E-state index is 3.19. The number of hydrogen-bond donors (Lipinski definition) is 1. The SMILES string of the molecule is CC=CC=CCNCC. The highest BCUT2D eigenvalue weighted by Crippen LogP contribution is 1.73. The Morgan fingerprint density at radius 3 is 2.67 bits per heavy atom. The molecule has 0 saturated heterocycles. The molecule has 0 aliphatic carbocycles. The van der Waals surface area contributed by atoms with Gasteiger partial charge in [-0.1, -0.05) is 31.2 Å². The molecule has 0 bridgehead atoms. The molecule has 1 nitrogen and oxygen atoms in total. The van der Waals surface area contributed by atoms with Gasteiger partial charge in [0.2, 0.25) is 0 Å². The molecule has 0 aliphatic heterocycles. The van der Waals surface area contributed by atoms with Crippen LogP contribution in [0.3, 0.4) is 0 Å². The second-order valence-electron chi connectivity index (χ2n) is 1.76. The molecule has 0 radical (unpaired) electrons. The van der Waals surface area contributed by atoms with Crippen molar-refractivity contribution in [3.63, 3.8) is 0 Å². The topological polar surface area (TPSA) is 12.0 Å². The van der Waals surface area contributed by atoms with Crippen LogP contribution >= 0.6 is 0 Å². The third kappa shape index (κ3) is 7.44. The van der Waals surface area contributed by atoms with E-state index in [4.69, 9.17) is 0 Å². The van der Waals surface area contributed by atoms with Crippen LogP contribution in [0.5, 0.6) is 0 Å². The Morgan fingerprint density at radius 2 is 2.11 bits per heavy atom. The van der Waals surface area contributed by atoms with Crippen LogP contribution in [0.15, 0.2) is 24.3 Å². The van der Waals surface area contributed by atoms with Crippen molar-refractivity contribution in [3.8, 4) is 0 Å². The summed E-state index contributed by atoms with van der Waals surface area (Å²) in [7, 11) is 0. The van der Waals surface area contributed by atoms with Crippen molar-refractivity contribution in [2.45, 2.75) is 13.8 Å². The van der Waals surface area contributed by atoms with Gasteiger partial charge in [0.15, 0.2) is 0 Å². The summed E-state index contributed by atoms with van der Waals surface area (Å²) in [6.45, 7) is 6.13. The summed E-state index contributed by atoms with van der Waals surface area (Å²) >= 11 is 0. The zero-order valence-corrected chi connectivity index (χ0v) is 6.22. The molecular weight excluding hydrogens is 110 g/mol. The van der Waals surface area contributed by atoms with Gasteiger partial charge in [0.25, 0.3) is 0 Å². The minimum absolute atomic E-state index is 0.973. The average molecular weight is 125 g/mol. The van der Waals surface area contributed by atoms with Gasteiger partial charge in [-0.05, 0) is 13.5 Å². The summed E-state index contributed by atoms with van der Waals surface area (Å²) in [4.78, 5) is 0. The maximum atomic E-state index is 3.19. The first kappa shape index (κ1) is 8.44. The van der Waals surface area contributed by atoms with Crippen LogP contribution in [0, 0.1) is 0 Å². The molecule has 0 fully saturated rings. The van der Waals surface area contributed by atoms with Crippen molar-refractivity contribution in [1.82, 2.24) is 5.32 Å². The van der Waals surface area contributed by atoms with Gasteiger partial charge in [-0.25, -0.2) is 0 Å². The van der Waals surface area contributed by atoms with E-state index in [1.165, 1.54) is 0 Å². The van der Waals surface area contributed by atoms with Crippen LogP contribution in [0.4, 0.5) is 0 Å². The zero-order chi connectivity index (χ0) is 6.95. The van der Waals surface area contributed by atoms with Crippen molar-refractivity contribution in [3.05, 3.63) is 24.3 Å². The molecule has 0 rings (SSSR count). The molecule has 0 unspecified atom stereocenters. The standard InChI is InChI=1S/C8H15N/c1-3-5-6-7-8-9-4-2/h3,5-7,9H,4,8H2,1-2H3. The molecule has 1 N–H and O–H groups in total. The fraction of sp³-hybridized carbons (Fsp3) is 0.500. The number of hydrogen-bond acceptors (Lipinski definition) is 1. The number of nitrogens with one attached hydrogen (secondary N) is 1. The van der Waals surface area contributed by atoms with Crippen molar-refractivity contribution in [2.75, 3.05) is 13.1 Å². The van der Waals surface area contributed by atoms with E-state index in [1.807, 2.05) is 25.2 Å². The molecule has 52 valence electrons. The quantitative estimate of drug-likeness (QED) is 0.445. The van der Waals surface area contributed by atoms with Crippen LogP contribution in [-0.4, -0.2) is 13.1 Å². The minimum Gasteiger partial charge on any atom is -0.314 e. The first-order valence-corrected chi connectivity index (χ1v) is 3.40. The lowest BCUT2D eigenvalue weighted by Gasteiger charge is -1.90.